The van der Waals surface area contributed by atoms with Crippen LogP contribution < -0.4 is 10.1 Å². The van der Waals surface area contributed by atoms with Gasteiger partial charge in [0.25, 0.3) is 0 Å². The maximum atomic E-state index is 11.8. The Bertz CT molecular complexity index is 1260. The fourth-order valence-electron chi connectivity index (χ4n) is 3.30. The Kier molecular flexibility index (Phi) is 4.87. The van der Waals surface area contributed by atoms with Crippen LogP contribution in [-0.4, -0.2) is 37.4 Å². The second kappa shape index (κ2) is 7.98. The molecule has 4 aromatic rings. The molecule has 154 valence electrons. The normalized spacial score (nSPS) is 13.2. The van der Waals surface area contributed by atoms with Crippen molar-refractivity contribution in [3.63, 3.8) is 0 Å². The van der Waals surface area contributed by atoms with Crippen LogP contribution in [0.3, 0.4) is 0 Å². The van der Waals surface area contributed by atoms with E-state index in [9.17, 15) is 4.79 Å². The first kappa shape index (κ1) is 18.9. The van der Waals surface area contributed by atoms with E-state index in [2.05, 4.69) is 36.8 Å². The van der Waals surface area contributed by atoms with Gasteiger partial charge in [-0.25, -0.2) is 15.0 Å². The average Bonchev–Trinajstić information content (AvgIpc) is 3.54. The van der Waals surface area contributed by atoms with E-state index in [0.717, 1.165) is 33.4 Å². The number of anilines is 1. The van der Waals surface area contributed by atoms with Crippen LogP contribution in [0.25, 0.3) is 33.4 Å². The van der Waals surface area contributed by atoms with E-state index in [-0.39, 0.29) is 5.91 Å². The van der Waals surface area contributed by atoms with E-state index < -0.39 is 0 Å². The molecule has 5 rings (SSSR count). The van der Waals surface area contributed by atoms with Crippen LogP contribution in [0.5, 0.6) is 5.88 Å². The maximum absolute atomic E-state index is 11.8. The van der Waals surface area contributed by atoms with Gasteiger partial charge in [-0.2, -0.15) is 4.98 Å². The molecule has 0 spiro atoms. The van der Waals surface area contributed by atoms with Gasteiger partial charge in [0.15, 0.2) is 0 Å². The SMILES string of the molecule is C=CC(=O)Nc1cc(-c2cnc3[nH]cc(-c4ccncn4)c3c2)cc(OCC2CC2)n1. The number of nitrogens with one attached hydrogen (secondary N) is 2. The van der Waals surface area contributed by atoms with Crippen LogP contribution in [0.1, 0.15) is 12.8 Å². The molecule has 0 aliphatic heterocycles. The van der Waals surface area contributed by atoms with Crippen molar-refractivity contribution < 1.29 is 9.53 Å². The molecule has 8 nitrogen and oxygen atoms in total. The van der Waals surface area contributed by atoms with Crippen LogP contribution in [0, 0.1) is 5.92 Å². The Morgan fingerprint density at radius 2 is 2.16 bits per heavy atom. The fourth-order valence-corrected chi connectivity index (χ4v) is 3.30. The highest BCUT2D eigenvalue weighted by atomic mass is 16.5. The molecule has 4 aromatic heterocycles. The van der Waals surface area contributed by atoms with Crippen LogP contribution in [-0.2, 0) is 4.79 Å². The first-order valence-corrected chi connectivity index (χ1v) is 10.0. The molecule has 1 fully saturated rings. The molecule has 0 aromatic carbocycles. The third kappa shape index (κ3) is 4.13. The molecule has 1 amide bonds. The summed E-state index contributed by atoms with van der Waals surface area (Å²) in [5.41, 5.74) is 4.21. The summed E-state index contributed by atoms with van der Waals surface area (Å²) in [5.74, 6) is 1.13. The van der Waals surface area contributed by atoms with Crippen molar-refractivity contribution >= 4 is 22.8 Å². The molecule has 0 radical (unpaired) electrons. The molecule has 31 heavy (non-hydrogen) atoms. The number of amides is 1. The highest BCUT2D eigenvalue weighted by molar-refractivity contribution is 5.99. The van der Waals surface area contributed by atoms with Crippen LogP contribution in [0.4, 0.5) is 5.82 Å². The number of pyridine rings is 2. The topological polar surface area (TPSA) is 106 Å². The largest absolute Gasteiger partial charge is 0.477 e. The van der Waals surface area contributed by atoms with E-state index >= 15 is 0 Å². The van der Waals surface area contributed by atoms with Crippen molar-refractivity contribution in [3.05, 3.63) is 61.8 Å². The minimum atomic E-state index is -0.331. The van der Waals surface area contributed by atoms with Gasteiger partial charge < -0.3 is 15.0 Å². The lowest BCUT2D eigenvalue weighted by molar-refractivity contribution is -0.111. The fraction of sp³-hybridized carbons (Fsp3) is 0.174. The van der Waals surface area contributed by atoms with Gasteiger partial charge in [-0.3, -0.25) is 4.79 Å². The van der Waals surface area contributed by atoms with Gasteiger partial charge in [0.2, 0.25) is 11.8 Å². The molecule has 1 aliphatic carbocycles. The van der Waals surface area contributed by atoms with Crippen LogP contribution in [0.15, 0.2) is 61.8 Å². The molecule has 0 bridgehead atoms. The molecule has 1 aliphatic rings. The number of H-pyrrole nitrogens is 1. The molecule has 2 N–H and O–H groups in total. The summed E-state index contributed by atoms with van der Waals surface area (Å²) in [5, 5.41) is 3.66. The summed E-state index contributed by atoms with van der Waals surface area (Å²) < 4.78 is 5.88. The molecule has 0 saturated heterocycles. The van der Waals surface area contributed by atoms with E-state index in [1.54, 1.807) is 18.5 Å². The van der Waals surface area contributed by atoms with E-state index in [0.29, 0.717) is 24.2 Å². The Balaban J connectivity index is 1.55. The van der Waals surface area contributed by atoms with Crippen molar-refractivity contribution in [2.45, 2.75) is 12.8 Å². The lowest BCUT2D eigenvalue weighted by atomic mass is 10.1. The number of aromatic nitrogens is 5. The molecule has 1 saturated carbocycles. The first-order chi connectivity index (χ1) is 15.2. The zero-order valence-corrected chi connectivity index (χ0v) is 16.7. The number of carbonyl (C=O) groups excluding carboxylic acids is 1. The van der Waals surface area contributed by atoms with Gasteiger partial charge in [0.05, 0.1) is 12.3 Å². The Morgan fingerprint density at radius 1 is 1.26 bits per heavy atom. The van der Waals surface area contributed by atoms with Crippen molar-refractivity contribution in [1.82, 2.24) is 24.9 Å². The summed E-state index contributed by atoms with van der Waals surface area (Å²) >= 11 is 0. The summed E-state index contributed by atoms with van der Waals surface area (Å²) in [6.45, 7) is 4.12. The second-order valence-electron chi connectivity index (χ2n) is 7.44. The van der Waals surface area contributed by atoms with Gasteiger partial charge in [0.1, 0.15) is 17.8 Å². The van der Waals surface area contributed by atoms with E-state index in [1.165, 1.54) is 25.2 Å². The standard InChI is InChI=1S/C23H20N6O2/c1-2-21(30)28-20-8-15(9-22(29-20)31-12-14-3-4-14)16-7-17-18(11-26-23(17)25-10-16)19-5-6-24-13-27-19/h2,5-11,13-14H,1,3-4,12H2,(H,25,26)(H,28,29,30). The second-order valence-corrected chi connectivity index (χ2v) is 7.44. The number of hydrogen-bond donors (Lipinski definition) is 2. The molecule has 8 heteroatoms. The minimum absolute atomic E-state index is 0.331. The van der Waals surface area contributed by atoms with Gasteiger partial charge >= 0.3 is 0 Å². The zero-order chi connectivity index (χ0) is 21.2. The summed E-state index contributed by atoms with van der Waals surface area (Å²) in [6, 6.07) is 7.56. The smallest absolute Gasteiger partial charge is 0.248 e. The number of hydrogen-bond acceptors (Lipinski definition) is 6. The van der Waals surface area contributed by atoms with Crippen molar-refractivity contribution in [2.75, 3.05) is 11.9 Å². The number of aromatic amines is 1. The number of rotatable bonds is 7. The zero-order valence-electron chi connectivity index (χ0n) is 16.7. The van der Waals surface area contributed by atoms with Crippen molar-refractivity contribution in [3.8, 4) is 28.3 Å². The predicted octanol–water partition coefficient (Wildman–Crippen LogP) is 4.00. The molecular weight excluding hydrogens is 392 g/mol. The molecule has 4 heterocycles. The van der Waals surface area contributed by atoms with E-state index in [4.69, 9.17) is 4.74 Å². The highest BCUT2D eigenvalue weighted by Crippen LogP contribution is 2.33. The van der Waals surface area contributed by atoms with Gasteiger partial charge in [-0.1, -0.05) is 6.58 Å². The lowest BCUT2D eigenvalue weighted by Crippen LogP contribution is -2.10. The predicted molar refractivity (Wildman–Crippen MR) is 117 cm³/mol. The summed E-state index contributed by atoms with van der Waals surface area (Å²) in [4.78, 5) is 32.3. The Hall–Kier alpha value is -4.07. The maximum Gasteiger partial charge on any atom is 0.248 e. The third-order valence-electron chi connectivity index (χ3n) is 5.12. The monoisotopic (exact) mass is 412 g/mol. The summed E-state index contributed by atoms with van der Waals surface area (Å²) in [6.07, 6.45) is 10.5. The number of carbonyl (C=O) groups is 1. The van der Waals surface area contributed by atoms with Crippen LogP contribution in [0.2, 0.25) is 0 Å². The first-order valence-electron chi connectivity index (χ1n) is 10.0. The Morgan fingerprint density at radius 3 is 2.94 bits per heavy atom. The quantitative estimate of drug-likeness (QED) is 0.445. The van der Waals surface area contributed by atoms with Gasteiger partial charge in [-0.15, -0.1) is 0 Å². The van der Waals surface area contributed by atoms with Gasteiger partial charge in [0, 0.05) is 41.2 Å². The molecule has 0 atom stereocenters. The molecular formula is C23H20N6O2. The van der Waals surface area contributed by atoms with Crippen LogP contribution >= 0.6 is 0 Å². The third-order valence-corrected chi connectivity index (χ3v) is 5.12. The highest BCUT2D eigenvalue weighted by Gasteiger charge is 2.22. The Labute approximate surface area is 178 Å². The van der Waals surface area contributed by atoms with E-state index in [1.807, 2.05) is 24.4 Å². The number of ether oxygens (including phenoxy) is 1. The van der Waals surface area contributed by atoms with Gasteiger partial charge in [-0.05, 0) is 48.6 Å². The number of nitrogens with zero attached hydrogens (tertiary/aromatic N) is 4. The van der Waals surface area contributed by atoms with Crippen molar-refractivity contribution in [2.24, 2.45) is 5.92 Å². The lowest BCUT2D eigenvalue weighted by Gasteiger charge is -2.11. The minimum Gasteiger partial charge on any atom is -0.477 e. The van der Waals surface area contributed by atoms with Crippen molar-refractivity contribution in [1.29, 1.82) is 0 Å². The average molecular weight is 412 g/mol. The number of fused-ring (bicyclic) bond motifs is 1. The summed E-state index contributed by atoms with van der Waals surface area (Å²) in [7, 11) is 0. The molecule has 0 unspecified atom stereocenters.